The van der Waals surface area contributed by atoms with E-state index in [2.05, 4.69) is 105 Å². The second-order valence-electron chi connectivity index (χ2n) is 4.31. The fourth-order valence-corrected chi connectivity index (χ4v) is 6.92. The van der Waals surface area contributed by atoms with Gasteiger partial charge in [0.05, 0.1) is 0 Å². The summed E-state index contributed by atoms with van der Waals surface area (Å²) in [6, 6.07) is 25.5. The van der Waals surface area contributed by atoms with Crippen LogP contribution in [0.1, 0.15) is 0 Å². The number of aromatic nitrogens is 1. The Morgan fingerprint density at radius 3 is 1.47 bits per heavy atom. The van der Waals surface area contributed by atoms with Crippen LogP contribution in [0.25, 0.3) is 0 Å². The first-order valence-corrected chi connectivity index (χ1v) is 10.1. The van der Waals surface area contributed by atoms with E-state index < -0.39 is 5.66 Å². The minimum atomic E-state index is -1.69. The molecule has 0 amide bonds. The third-order valence-electron chi connectivity index (χ3n) is 3.13. The fraction of sp³-hybridized carbons (Fsp3) is 0. The quantitative estimate of drug-likeness (QED) is 0.514. The maximum absolute atomic E-state index is 3.50. The van der Waals surface area contributed by atoms with Crippen molar-refractivity contribution in [1.29, 1.82) is 0 Å². The van der Waals surface area contributed by atoms with Crippen LogP contribution in [0.4, 0.5) is 0 Å². The first kappa shape index (κ1) is 12.7. The molecule has 3 rings (SSSR count). The van der Waals surface area contributed by atoms with Gasteiger partial charge in [-0.25, -0.2) is 0 Å². The molecule has 0 spiro atoms. The van der Waals surface area contributed by atoms with Gasteiger partial charge in [0.2, 0.25) is 0 Å². The molecule has 2 aromatic carbocycles. The maximum atomic E-state index is 3.50. The molecule has 3 aromatic rings. The molecule has 0 radical (unpaired) electrons. The van der Waals surface area contributed by atoms with Crippen LogP contribution in [0.3, 0.4) is 0 Å². The van der Waals surface area contributed by atoms with Crippen LogP contribution >= 0.6 is 5.66 Å². The van der Waals surface area contributed by atoms with Crippen molar-refractivity contribution in [3.8, 4) is 0 Å². The van der Waals surface area contributed by atoms with Gasteiger partial charge in [0.25, 0.3) is 0 Å². The summed E-state index contributed by atoms with van der Waals surface area (Å²) in [5.41, 5.74) is -1.69. The van der Waals surface area contributed by atoms with Crippen LogP contribution < -0.4 is 10.6 Å². The summed E-state index contributed by atoms with van der Waals surface area (Å²) in [7, 11) is 0. The van der Waals surface area contributed by atoms with Crippen LogP contribution in [0, 0.1) is 0 Å². The Bertz CT molecular complexity index is 647. The molecule has 1 heterocycles. The third kappa shape index (κ3) is 2.28. The van der Waals surface area contributed by atoms with E-state index in [-0.39, 0.29) is 0 Å². The molecule has 0 aliphatic rings. The molecule has 0 bridgehead atoms. The number of hydrogen-bond acceptors (Lipinski definition) is 0. The average Bonchev–Trinajstić information content (AvgIpc) is 3.03. The Morgan fingerprint density at radius 2 is 1.05 bits per heavy atom. The number of rotatable bonds is 3. The van der Waals surface area contributed by atoms with Gasteiger partial charge in [-0.1, -0.05) is 0 Å². The molecule has 3 heteroatoms. The fourth-order valence-electron chi connectivity index (χ4n) is 2.19. The van der Waals surface area contributed by atoms with Gasteiger partial charge in [0, 0.05) is 0 Å². The summed E-state index contributed by atoms with van der Waals surface area (Å²) in [6.07, 6.45) is 4.29. The van der Waals surface area contributed by atoms with Crippen molar-refractivity contribution >= 4 is 31.4 Å². The average molecular weight is 330 g/mol. The van der Waals surface area contributed by atoms with Gasteiger partial charge in [0.1, 0.15) is 0 Å². The molecule has 0 saturated carbocycles. The summed E-state index contributed by atoms with van der Waals surface area (Å²) in [5, 5.41) is 2.69. The summed E-state index contributed by atoms with van der Waals surface area (Å²) in [5.74, 6) is 0. The molecule has 0 aliphatic carbocycles. The van der Waals surface area contributed by atoms with Gasteiger partial charge in [-0.2, -0.15) is 0 Å². The Kier molecular flexibility index (Phi) is 3.57. The predicted molar refractivity (Wildman–Crippen MR) is 84.7 cm³/mol. The molecule has 94 valence electrons. The monoisotopic (exact) mass is 331 g/mol. The van der Waals surface area contributed by atoms with Crippen molar-refractivity contribution in [3.05, 3.63) is 85.2 Å². The van der Waals surface area contributed by atoms with E-state index in [4.69, 9.17) is 0 Å². The van der Waals surface area contributed by atoms with Crippen LogP contribution in [0.2, 0.25) is 0 Å². The zero-order valence-corrected chi connectivity index (χ0v) is 13.0. The van der Waals surface area contributed by atoms with Crippen LogP contribution in [-0.4, -0.2) is 19.4 Å². The van der Waals surface area contributed by atoms with Gasteiger partial charge in [-0.05, 0) is 0 Å². The summed E-state index contributed by atoms with van der Waals surface area (Å²) in [4.78, 5) is 0. The topological polar surface area (TPSA) is 4.93 Å². The van der Waals surface area contributed by atoms with Crippen LogP contribution in [0.5, 0.6) is 0 Å². The van der Waals surface area contributed by atoms with Gasteiger partial charge in [-0.15, -0.1) is 0 Å². The minimum absolute atomic E-state index is 1.34. The molecule has 0 aliphatic heterocycles. The Hall–Kier alpha value is -1.33. The van der Waals surface area contributed by atoms with Crippen molar-refractivity contribution in [3.63, 3.8) is 0 Å². The van der Waals surface area contributed by atoms with Gasteiger partial charge >= 0.3 is 121 Å². The number of nitrogens with zero attached hydrogens (tertiary/aromatic N) is 1. The van der Waals surface area contributed by atoms with Crippen molar-refractivity contribution in [1.82, 2.24) is 4.34 Å². The zero-order chi connectivity index (χ0) is 13.1. The van der Waals surface area contributed by atoms with Crippen molar-refractivity contribution in [2.45, 2.75) is 0 Å². The van der Waals surface area contributed by atoms with Gasteiger partial charge in [-0.3, -0.25) is 0 Å². The molecule has 1 nitrogen and oxygen atoms in total. The second kappa shape index (κ2) is 5.35. The summed E-state index contributed by atoms with van der Waals surface area (Å²) in [6.45, 7) is 0. The number of benzene rings is 2. The molecule has 19 heavy (non-hydrogen) atoms. The van der Waals surface area contributed by atoms with E-state index in [0.717, 1.165) is 0 Å². The van der Waals surface area contributed by atoms with Crippen LogP contribution in [0.15, 0.2) is 85.2 Å². The molecular formula is C16H14NPSe. The van der Waals surface area contributed by atoms with E-state index >= 15 is 0 Å². The Labute approximate surface area is 121 Å². The summed E-state index contributed by atoms with van der Waals surface area (Å²) >= 11 is 3.50. The third-order valence-corrected chi connectivity index (χ3v) is 9.88. The van der Waals surface area contributed by atoms with Gasteiger partial charge in [0.15, 0.2) is 0 Å². The predicted octanol–water partition coefficient (Wildman–Crippen LogP) is 3.00. The van der Waals surface area contributed by atoms with E-state index in [0.29, 0.717) is 0 Å². The van der Waals surface area contributed by atoms with Crippen molar-refractivity contribution in [2.24, 2.45) is 0 Å². The normalized spacial score (nSPS) is 11.4. The Morgan fingerprint density at radius 1 is 0.632 bits per heavy atom. The van der Waals surface area contributed by atoms with Crippen molar-refractivity contribution in [2.75, 3.05) is 0 Å². The molecule has 1 aromatic heterocycles. The van der Waals surface area contributed by atoms with Gasteiger partial charge < -0.3 is 0 Å². The van der Waals surface area contributed by atoms with E-state index in [9.17, 15) is 0 Å². The zero-order valence-electron chi connectivity index (χ0n) is 10.4. The molecule has 0 unspecified atom stereocenters. The second-order valence-corrected chi connectivity index (χ2v) is 10.3. The van der Waals surface area contributed by atoms with Crippen LogP contribution in [-0.2, 0) is 0 Å². The van der Waals surface area contributed by atoms with Crippen molar-refractivity contribution < 1.29 is 0 Å². The molecule has 0 N–H and O–H groups in total. The number of hydrogen-bond donors (Lipinski definition) is 0. The molecule has 0 atom stereocenters. The van der Waals surface area contributed by atoms with E-state index in [1.165, 1.54) is 10.6 Å². The van der Waals surface area contributed by atoms with E-state index in [1.807, 2.05) is 0 Å². The van der Waals surface area contributed by atoms with E-state index in [1.54, 1.807) is 0 Å². The molecular weight excluding hydrogens is 316 g/mol. The Balaban J connectivity index is 2.26. The first-order valence-electron chi connectivity index (χ1n) is 6.17. The molecule has 0 saturated heterocycles. The SMILES string of the molecule is [Se]=P(c1ccccc1)(c1ccccc1)n1cccc1. The summed E-state index contributed by atoms with van der Waals surface area (Å²) < 4.78 is 2.32. The molecule has 0 fully saturated rings. The first-order chi connectivity index (χ1) is 9.32. The standard InChI is InChI=1S/C16H14NPSe/c19-18(17-13-7-8-14-17,15-9-3-1-4-10-15)16-11-5-2-6-12-16/h1-14H.